The Kier molecular flexibility index (Phi) is 4.25. The van der Waals surface area contributed by atoms with Gasteiger partial charge in [-0.1, -0.05) is 60.7 Å². The van der Waals surface area contributed by atoms with Gasteiger partial charge in [-0.3, -0.25) is 0 Å². The Bertz CT molecular complexity index is 1030. The van der Waals surface area contributed by atoms with E-state index < -0.39 is 0 Å². The van der Waals surface area contributed by atoms with Gasteiger partial charge in [-0.05, 0) is 41.8 Å². The van der Waals surface area contributed by atoms with Gasteiger partial charge in [0.2, 0.25) is 0 Å². The molecule has 4 aromatic rings. The molecule has 1 aliphatic heterocycles. The van der Waals surface area contributed by atoms with Crippen LogP contribution in [0.15, 0.2) is 97.1 Å². The van der Waals surface area contributed by atoms with Crippen molar-refractivity contribution in [3.8, 4) is 0 Å². The summed E-state index contributed by atoms with van der Waals surface area (Å²) in [7, 11) is 0. The minimum Gasteiger partial charge on any atom is -1.00 e. The summed E-state index contributed by atoms with van der Waals surface area (Å²) >= 11 is 0. The maximum atomic E-state index is 2.27. The van der Waals surface area contributed by atoms with E-state index in [1.165, 1.54) is 22.1 Å². The summed E-state index contributed by atoms with van der Waals surface area (Å²) in [4.78, 5) is 0. The highest BCUT2D eigenvalue weighted by atomic mass is 35.5. The fourth-order valence-corrected chi connectivity index (χ4v) is 3.50. The summed E-state index contributed by atoms with van der Waals surface area (Å²) in [5.74, 6) is 0. The Morgan fingerprint density at radius 1 is 0.577 bits per heavy atom. The third kappa shape index (κ3) is 2.58. The van der Waals surface area contributed by atoms with E-state index in [9.17, 15) is 0 Å². The Morgan fingerprint density at radius 3 is 1.92 bits per heavy atom. The quantitative estimate of drug-likeness (QED) is 0.433. The molecular formula is C22H18ClN3. The predicted molar refractivity (Wildman–Crippen MR) is 103 cm³/mol. The molecule has 3 nitrogen and oxygen atoms in total. The number of hydrogen-bond donors (Lipinski definition) is 1. The average molecular weight is 360 g/mol. The molecule has 0 bridgehead atoms. The second kappa shape index (κ2) is 6.71. The number of quaternary nitrogens is 1. The van der Waals surface area contributed by atoms with E-state index >= 15 is 0 Å². The van der Waals surface area contributed by atoms with Gasteiger partial charge in [0.25, 0.3) is 0 Å². The SMILES string of the molecule is [Cl-].c1ccc(N2[NH2+]c3c(ccc4ccccc34)N2c2ccccc2)cc1. The standard InChI is InChI=1S/C22H17N3.ClH/c1-3-10-18(11-4-1)24-21-16-15-17-9-7-8-14-20(17)22(21)23-25(24)19-12-5-2-6-13-19;/h1-16,23H;1H. The topological polar surface area (TPSA) is 23.1 Å². The number of nitrogens with two attached hydrogens (primary N) is 1. The lowest BCUT2D eigenvalue weighted by molar-refractivity contribution is -0.575. The summed E-state index contributed by atoms with van der Waals surface area (Å²) < 4.78 is 0. The average Bonchev–Trinajstić information content (AvgIpc) is 3.09. The Balaban J connectivity index is 0.00000168. The number of fused-ring (bicyclic) bond motifs is 3. The normalized spacial score (nSPS) is 12.8. The van der Waals surface area contributed by atoms with Crippen LogP contribution in [0.1, 0.15) is 0 Å². The van der Waals surface area contributed by atoms with Crippen LogP contribution in [-0.2, 0) is 0 Å². The van der Waals surface area contributed by atoms with Crippen molar-refractivity contribution in [1.29, 1.82) is 0 Å². The molecule has 0 amide bonds. The molecule has 0 spiro atoms. The van der Waals surface area contributed by atoms with Crippen molar-refractivity contribution in [2.24, 2.45) is 0 Å². The van der Waals surface area contributed by atoms with Crippen molar-refractivity contribution in [2.45, 2.75) is 0 Å². The summed E-state index contributed by atoms with van der Waals surface area (Å²) in [6.07, 6.45) is 0. The van der Waals surface area contributed by atoms with Crippen LogP contribution >= 0.6 is 0 Å². The Hall–Kier alpha value is -3.01. The van der Waals surface area contributed by atoms with Crippen molar-refractivity contribution >= 4 is 33.5 Å². The van der Waals surface area contributed by atoms with E-state index in [1.54, 1.807) is 0 Å². The first-order chi connectivity index (χ1) is 12.4. The lowest BCUT2D eigenvalue weighted by Crippen LogP contribution is -3.00. The lowest BCUT2D eigenvalue weighted by atomic mass is 10.1. The summed E-state index contributed by atoms with van der Waals surface area (Å²) in [5, 5.41) is 7.04. The number of benzene rings is 4. The molecule has 0 saturated carbocycles. The molecular weight excluding hydrogens is 342 g/mol. The van der Waals surface area contributed by atoms with Crippen molar-refractivity contribution in [3.63, 3.8) is 0 Å². The third-order valence-corrected chi connectivity index (χ3v) is 4.66. The van der Waals surface area contributed by atoms with Crippen LogP contribution in [0.4, 0.5) is 22.7 Å². The van der Waals surface area contributed by atoms with Crippen LogP contribution in [0.2, 0.25) is 0 Å². The van der Waals surface area contributed by atoms with Gasteiger partial charge in [-0.25, -0.2) is 5.01 Å². The third-order valence-electron chi connectivity index (χ3n) is 4.66. The first kappa shape index (κ1) is 16.5. The highest BCUT2D eigenvalue weighted by Gasteiger charge is 2.34. The summed E-state index contributed by atoms with van der Waals surface area (Å²) in [5.41, 5.74) is 6.99. The van der Waals surface area contributed by atoms with E-state index in [-0.39, 0.29) is 12.4 Å². The lowest BCUT2D eigenvalue weighted by Gasteiger charge is -2.26. The number of hydrazine groups is 1. The van der Waals surface area contributed by atoms with E-state index in [1.807, 2.05) is 0 Å². The minimum atomic E-state index is 0. The summed E-state index contributed by atoms with van der Waals surface area (Å²) in [6, 6.07) is 34.0. The van der Waals surface area contributed by atoms with Crippen molar-refractivity contribution in [3.05, 3.63) is 97.1 Å². The number of para-hydroxylation sites is 2. The minimum absolute atomic E-state index is 0. The summed E-state index contributed by atoms with van der Waals surface area (Å²) in [6.45, 7) is 0. The van der Waals surface area contributed by atoms with E-state index in [0.29, 0.717) is 0 Å². The second-order valence-electron chi connectivity index (χ2n) is 6.18. The van der Waals surface area contributed by atoms with Crippen LogP contribution in [-0.4, -0.2) is 0 Å². The molecule has 128 valence electrons. The predicted octanol–water partition coefficient (Wildman–Crippen LogP) is 1.53. The number of halogens is 1. The number of rotatable bonds is 2. The molecule has 0 fully saturated rings. The molecule has 0 saturated heterocycles. The maximum absolute atomic E-state index is 2.27. The Morgan fingerprint density at radius 2 is 1.19 bits per heavy atom. The number of hydrogen-bond acceptors (Lipinski definition) is 2. The zero-order valence-corrected chi connectivity index (χ0v) is 14.8. The first-order valence-electron chi connectivity index (χ1n) is 8.48. The van der Waals surface area contributed by atoms with Gasteiger partial charge in [0.05, 0.1) is 5.69 Å². The molecule has 0 aliphatic carbocycles. The second-order valence-corrected chi connectivity index (χ2v) is 6.18. The molecule has 0 radical (unpaired) electrons. The molecule has 26 heavy (non-hydrogen) atoms. The Labute approximate surface area is 158 Å². The van der Waals surface area contributed by atoms with Crippen LogP contribution in [0.25, 0.3) is 10.8 Å². The molecule has 1 heterocycles. The number of anilines is 3. The molecule has 5 rings (SSSR count). The van der Waals surface area contributed by atoms with Crippen LogP contribution in [0, 0.1) is 0 Å². The number of nitrogens with zero attached hydrogens (tertiary/aromatic N) is 2. The van der Waals surface area contributed by atoms with Gasteiger partial charge >= 0.3 is 0 Å². The maximum Gasteiger partial charge on any atom is 0.189 e. The van der Waals surface area contributed by atoms with E-state index in [4.69, 9.17) is 0 Å². The van der Waals surface area contributed by atoms with Crippen molar-refractivity contribution in [2.75, 3.05) is 10.1 Å². The largest absolute Gasteiger partial charge is 1.00 e. The zero-order chi connectivity index (χ0) is 16.6. The van der Waals surface area contributed by atoms with Gasteiger partial charge in [-0.15, -0.1) is 5.12 Å². The van der Waals surface area contributed by atoms with Gasteiger partial charge in [-0.2, -0.15) is 5.43 Å². The molecule has 0 atom stereocenters. The molecule has 4 aromatic carbocycles. The van der Waals surface area contributed by atoms with E-state index in [2.05, 4.69) is 113 Å². The van der Waals surface area contributed by atoms with Crippen LogP contribution < -0.4 is 28.0 Å². The monoisotopic (exact) mass is 359 g/mol. The fourth-order valence-electron chi connectivity index (χ4n) is 3.50. The fraction of sp³-hybridized carbons (Fsp3) is 0. The smallest absolute Gasteiger partial charge is 0.189 e. The highest BCUT2D eigenvalue weighted by Crippen LogP contribution is 2.39. The van der Waals surface area contributed by atoms with Crippen LogP contribution in [0.3, 0.4) is 0 Å². The van der Waals surface area contributed by atoms with Gasteiger partial charge in [0.1, 0.15) is 11.4 Å². The van der Waals surface area contributed by atoms with Crippen molar-refractivity contribution < 1.29 is 17.8 Å². The van der Waals surface area contributed by atoms with Gasteiger partial charge in [0.15, 0.2) is 5.69 Å². The highest BCUT2D eigenvalue weighted by molar-refractivity contribution is 5.99. The molecule has 4 heteroatoms. The van der Waals surface area contributed by atoms with E-state index in [0.717, 1.165) is 11.4 Å². The van der Waals surface area contributed by atoms with Gasteiger partial charge in [0, 0.05) is 5.39 Å². The zero-order valence-electron chi connectivity index (χ0n) is 14.1. The molecule has 1 aliphatic rings. The molecule has 0 unspecified atom stereocenters. The molecule has 0 aromatic heterocycles. The van der Waals surface area contributed by atoms with Crippen LogP contribution in [0.5, 0.6) is 0 Å². The molecule has 2 N–H and O–H groups in total. The van der Waals surface area contributed by atoms with Crippen molar-refractivity contribution in [1.82, 2.24) is 0 Å². The first-order valence-corrected chi connectivity index (χ1v) is 8.48. The van der Waals surface area contributed by atoms with Gasteiger partial charge < -0.3 is 12.4 Å².